The number of hydrogen-bond donors (Lipinski definition) is 0. The van der Waals surface area contributed by atoms with Crippen LogP contribution in [0.1, 0.15) is 91.9 Å². The molecule has 1 unspecified atom stereocenters. The summed E-state index contributed by atoms with van der Waals surface area (Å²) in [7, 11) is -0.0826. The van der Waals surface area contributed by atoms with Crippen molar-refractivity contribution in [3.05, 3.63) is 46.0 Å². The normalized spacial score (nSPS) is 11.3. The molecule has 0 saturated heterocycles. The third kappa shape index (κ3) is 7.73. The third-order valence-electron chi connectivity index (χ3n) is 6.14. The van der Waals surface area contributed by atoms with Gasteiger partial charge < -0.3 is 14.2 Å². The maximum atomic E-state index is 13.6. The van der Waals surface area contributed by atoms with Gasteiger partial charge in [-0.15, -0.1) is 0 Å². The molecular weight excluding hydrogens is 443 g/mol. The van der Waals surface area contributed by atoms with Crippen molar-refractivity contribution in [3.8, 4) is 17.2 Å². The molecule has 0 fully saturated rings. The first-order chi connectivity index (χ1) is 16.3. The predicted octanol–water partition coefficient (Wildman–Crippen LogP) is 7.60. The van der Waals surface area contributed by atoms with Gasteiger partial charge in [0.15, 0.2) is 5.52 Å². The maximum Gasteiger partial charge on any atom is 0.186 e. The summed E-state index contributed by atoms with van der Waals surface area (Å²) < 4.78 is 18.4. The molecule has 0 aromatic heterocycles. The van der Waals surface area contributed by atoms with Gasteiger partial charge in [0.25, 0.3) is 0 Å². The lowest BCUT2D eigenvalue weighted by Crippen LogP contribution is -2.15. The fourth-order valence-corrected chi connectivity index (χ4v) is 5.07. The number of carbonyl (C=O) groups is 1. The van der Waals surface area contributed by atoms with Crippen molar-refractivity contribution in [2.75, 3.05) is 19.8 Å². The molecule has 2 rings (SSSR count). The fraction of sp³-hybridized carbons (Fsp3) is 0.552. The van der Waals surface area contributed by atoms with Gasteiger partial charge in [-0.05, 0) is 77.8 Å². The number of unbranched alkanes of at least 4 members (excludes halogenated alkanes) is 3. The average Bonchev–Trinajstić information content (AvgIpc) is 2.80. The summed E-state index contributed by atoms with van der Waals surface area (Å²) >= 11 is 0. The Morgan fingerprint density at radius 1 is 0.706 bits per heavy atom. The van der Waals surface area contributed by atoms with Crippen molar-refractivity contribution >= 4 is 19.4 Å². The van der Waals surface area contributed by atoms with Crippen LogP contribution in [0.4, 0.5) is 0 Å². The molecule has 0 radical (unpaired) electrons. The van der Waals surface area contributed by atoms with E-state index in [1.54, 1.807) is 0 Å². The standard InChI is InChI=1S/C29H43O4P/c1-8-11-14-31-24-18-25(32-15-12-9-2)28(26(19-24)33-16-13-10-3)34-29(30)27-21(5)17-20(4)22(6)23(27)7/h17-19,34H,8-16H2,1-7H3. The van der Waals surface area contributed by atoms with Gasteiger partial charge in [-0.3, -0.25) is 4.79 Å². The zero-order valence-corrected chi connectivity index (χ0v) is 23.2. The highest BCUT2D eigenvalue weighted by atomic mass is 31.1. The molecule has 4 nitrogen and oxygen atoms in total. The van der Waals surface area contributed by atoms with Gasteiger partial charge in [0.1, 0.15) is 17.2 Å². The first kappa shape index (κ1) is 28.2. The molecule has 0 aliphatic carbocycles. The number of carbonyl (C=O) groups excluding carboxylic acids is 1. The lowest BCUT2D eigenvalue weighted by Gasteiger charge is -2.19. The highest BCUT2D eigenvalue weighted by molar-refractivity contribution is 7.66. The minimum atomic E-state index is -0.0826. The molecule has 0 heterocycles. The minimum Gasteiger partial charge on any atom is -0.493 e. The lowest BCUT2D eigenvalue weighted by atomic mass is 9.95. The Kier molecular flexibility index (Phi) is 11.9. The Hall–Kier alpha value is -2.06. The summed E-state index contributed by atoms with van der Waals surface area (Å²) in [5.41, 5.74) is 5.44. The van der Waals surface area contributed by atoms with Crippen molar-refractivity contribution in [2.45, 2.75) is 87.0 Å². The van der Waals surface area contributed by atoms with Crippen molar-refractivity contribution in [1.82, 2.24) is 0 Å². The summed E-state index contributed by atoms with van der Waals surface area (Å²) in [6.45, 7) is 16.6. The molecule has 0 saturated carbocycles. The van der Waals surface area contributed by atoms with Crippen LogP contribution in [-0.2, 0) is 0 Å². The molecule has 5 heteroatoms. The third-order valence-corrected chi connectivity index (χ3v) is 7.36. The number of hydrogen-bond acceptors (Lipinski definition) is 4. The number of rotatable bonds is 15. The molecule has 0 aliphatic rings. The quantitative estimate of drug-likeness (QED) is 0.192. The van der Waals surface area contributed by atoms with E-state index in [1.807, 2.05) is 19.1 Å². The topological polar surface area (TPSA) is 44.8 Å². The van der Waals surface area contributed by atoms with Crippen LogP contribution in [0.2, 0.25) is 0 Å². The van der Waals surface area contributed by atoms with E-state index < -0.39 is 0 Å². The van der Waals surface area contributed by atoms with Gasteiger partial charge in [0, 0.05) is 17.7 Å². The molecule has 0 spiro atoms. The Bertz CT molecular complexity index is 921. The van der Waals surface area contributed by atoms with Crippen LogP contribution in [-0.4, -0.2) is 25.3 Å². The zero-order chi connectivity index (χ0) is 25.1. The van der Waals surface area contributed by atoms with E-state index in [0.29, 0.717) is 31.3 Å². The number of ether oxygens (including phenoxy) is 3. The summed E-state index contributed by atoms with van der Waals surface area (Å²) in [5.74, 6) is 2.16. The second kappa shape index (κ2) is 14.4. The molecule has 2 aromatic rings. The Morgan fingerprint density at radius 2 is 1.21 bits per heavy atom. The largest absolute Gasteiger partial charge is 0.493 e. The van der Waals surface area contributed by atoms with E-state index in [1.165, 1.54) is 11.1 Å². The lowest BCUT2D eigenvalue weighted by molar-refractivity contribution is 0.108. The van der Waals surface area contributed by atoms with Gasteiger partial charge in [-0.25, -0.2) is 0 Å². The summed E-state index contributed by atoms with van der Waals surface area (Å²) in [4.78, 5) is 13.6. The molecule has 0 N–H and O–H groups in total. The van der Waals surface area contributed by atoms with Crippen LogP contribution in [0.25, 0.3) is 0 Å². The first-order valence-electron chi connectivity index (χ1n) is 12.8. The maximum absolute atomic E-state index is 13.6. The Balaban J connectivity index is 2.48. The molecule has 34 heavy (non-hydrogen) atoms. The van der Waals surface area contributed by atoms with Crippen molar-refractivity contribution in [2.24, 2.45) is 0 Å². The van der Waals surface area contributed by atoms with Crippen LogP contribution < -0.4 is 19.5 Å². The fourth-order valence-electron chi connectivity index (χ4n) is 3.80. The first-order valence-corrected chi connectivity index (χ1v) is 13.8. The monoisotopic (exact) mass is 486 g/mol. The van der Waals surface area contributed by atoms with Crippen molar-refractivity contribution in [3.63, 3.8) is 0 Å². The van der Waals surface area contributed by atoms with E-state index in [9.17, 15) is 4.79 Å². The molecule has 0 bridgehead atoms. The van der Waals surface area contributed by atoms with Gasteiger partial charge in [0.2, 0.25) is 0 Å². The van der Waals surface area contributed by atoms with Crippen LogP contribution in [0.5, 0.6) is 17.2 Å². The van der Waals surface area contributed by atoms with Crippen molar-refractivity contribution in [1.29, 1.82) is 0 Å². The predicted molar refractivity (Wildman–Crippen MR) is 145 cm³/mol. The molecule has 1 atom stereocenters. The summed E-state index contributed by atoms with van der Waals surface area (Å²) in [6.07, 6.45) is 6.07. The van der Waals surface area contributed by atoms with E-state index in [-0.39, 0.29) is 14.1 Å². The smallest absolute Gasteiger partial charge is 0.186 e. The average molecular weight is 487 g/mol. The van der Waals surface area contributed by atoms with Crippen LogP contribution >= 0.6 is 8.58 Å². The van der Waals surface area contributed by atoms with Gasteiger partial charge in [-0.1, -0.05) is 46.1 Å². The SMILES string of the molecule is CCCCOc1cc(OCCCC)c(PC(=O)c2c(C)cc(C)c(C)c2C)c(OCCCC)c1. The summed E-state index contributed by atoms with van der Waals surface area (Å²) in [6, 6.07) is 5.99. The van der Waals surface area contributed by atoms with E-state index in [0.717, 1.165) is 66.3 Å². The van der Waals surface area contributed by atoms with E-state index in [4.69, 9.17) is 14.2 Å². The molecule has 0 aliphatic heterocycles. The molecule has 0 amide bonds. The van der Waals surface area contributed by atoms with E-state index in [2.05, 4.69) is 47.6 Å². The van der Waals surface area contributed by atoms with Crippen LogP contribution in [0.15, 0.2) is 18.2 Å². The number of aryl methyl sites for hydroxylation is 2. The molecule has 188 valence electrons. The highest BCUT2D eigenvalue weighted by Crippen LogP contribution is 2.36. The van der Waals surface area contributed by atoms with Gasteiger partial charge in [0.05, 0.1) is 25.1 Å². The second-order valence-corrected chi connectivity index (χ2v) is 10.2. The Labute approximate surface area is 208 Å². The number of benzene rings is 2. The van der Waals surface area contributed by atoms with Gasteiger partial charge in [-0.2, -0.15) is 0 Å². The zero-order valence-electron chi connectivity index (χ0n) is 22.2. The highest BCUT2D eigenvalue weighted by Gasteiger charge is 2.22. The second-order valence-electron chi connectivity index (χ2n) is 8.99. The summed E-state index contributed by atoms with van der Waals surface area (Å²) in [5, 5.41) is 0.845. The van der Waals surface area contributed by atoms with Crippen LogP contribution in [0.3, 0.4) is 0 Å². The molecular formula is C29H43O4P. The van der Waals surface area contributed by atoms with E-state index >= 15 is 0 Å². The minimum absolute atomic E-state index is 0.0826. The van der Waals surface area contributed by atoms with Crippen molar-refractivity contribution < 1.29 is 19.0 Å². The van der Waals surface area contributed by atoms with Crippen LogP contribution in [0, 0.1) is 27.7 Å². The Morgan fingerprint density at radius 3 is 1.71 bits per heavy atom. The van der Waals surface area contributed by atoms with Gasteiger partial charge >= 0.3 is 0 Å². The molecule has 2 aromatic carbocycles.